The number of hydrogen-bond acceptors (Lipinski definition) is 4. The number of carboxylic acid groups (broad SMARTS) is 2. The number of carbonyl (C=O) groups is 2. The van der Waals surface area contributed by atoms with E-state index in [0.29, 0.717) is 0 Å². The summed E-state index contributed by atoms with van der Waals surface area (Å²) < 4.78 is 0. The van der Waals surface area contributed by atoms with Gasteiger partial charge in [0.25, 0.3) is 0 Å². The van der Waals surface area contributed by atoms with Gasteiger partial charge in [0.15, 0.2) is 12.2 Å². The lowest BCUT2D eigenvalue weighted by atomic mass is 9.71. The molecule has 6 nitrogen and oxygen atoms in total. The normalized spacial score (nSPS) is 28.8. The van der Waals surface area contributed by atoms with Crippen LogP contribution in [0.5, 0.6) is 0 Å². The second-order valence-electron chi connectivity index (χ2n) is 5.03. The van der Waals surface area contributed by atoms with Crippen molar-refractivity contribution in [2.24, 2.45) is 11.8 Å². The molecule has 104 valence electrons. The van der Waals surface area contributed by atoms with Crippen molar-refractivity contribution in [1.29, 1.82) is 0 Å². The van der Waals surface area contributed by atoms with Crippen molar-refractivity contribution in [3.63, 3.8) is 0 Å². The SMILES string of the molecule is C1CC2CCC1CC2.O=C(O)C(O)C(O)C(=O)O. The minimum absolute atomic E-state index is 1.15. The summed E-state index contributed by atoms with van der Waals surface area (Å²) in [6.07, 6.45) is 4.83. The molecule has 0 aromatic heterocycles. The zero-order chi connectivity index (χ0) is 13.7. The van der Waals surface area contributed by atoms with Crippen LogP contribution in [0.25, 0.3) is 0 Å². The van der Waals surface area contributed by atoms with Gasteiger partial charge in [-0.25, -0.2) is 9.59 Å². The summed E-state index contributed by atoms with van der Waals surface area (Å²) in [6, 6.07) is 0. The van der Waals surface area contributed by atoms with Crippen LogP contribution >= 0.6 is 0 Å². The second kappa shape index (κ2) is 6.70. The maximum atomic E-state index is 9.77. The molecule has 0 aromatic rings. The highest BCUT2D eigenvalue weighted by molar-refractivity contribution is 5.83. The zero-order valence-corrected chi connectivity index (χ0v) is 10.2. The van der Waals surface area contributed by atoms with Crippen LogP contribution < -0.4 is 0 Å². The molecule has 2 unspecified atom stereocenters. The number of hydrogen-bond donors (Lipinski definition) is 4. The van der Waals surface area contributed by atoms with E-state index in [2.05, 4.69) is 0 Å². The summed E-state index contributed by atoms with van der Waals surface area (Å²) in [5.74, 6) is -1.23. The van der Waals surface area contributed by atoms with Crippen molar-refractivity contribution in [3.05, 3.63) is 0 Å². The highest BCUT2D eigenvalue weighted by atomic mass is 16.4. The van der Waals surface area contributed by atoms with Crippen LogP contribution in [0.3, 0.4) is 0 Å². The van der Waals surface area contributed by atoms with E-state index < -0.39 is 24.1 Å². The molecular weight excluding hydrogens is 240 g/mol. The van der Waals surface area contributed by atoms with Gasteiger partial charge in [0.2, 0.25) is 0 Å². The van der Waals surface area contributed by atoms with Gasteiger partial charge < -0.3 is 20.4 Å². The Morgan fingerprint density at radius 2 is 0.944 bits per heavy atom. The number of carboxylic acids is 2. The fourth-order valence-corrected chi connectivity index (χ4v) is 2.55. The maximum absolute atomic E-state index is 9.77. The van der Waals surface area contributed by atoms with Crippen LogP contribution in [-0.2, 0) is 9.59 Å². The van der Waals surface area contributed by atoms with Gasteiger partial charge in [0, 0.05) is 0 Å². The molecule has 0 aliphatic heterocycles. The molecule has 0 aromatic carbocycles. The smallest absolute Gasteiger partial charge is 0.335 e. The van der Waals surface area contributed by atoms with Crippen LogP contribution in [0.15, 0.2) is 0 Å². The van der Waals surface area contributed by atoms with Gasteiger partial charge in [-0.3, -0.25) is 0 Å². The van der Waals surface area contributed by atoms with Crippen LogP contribution in [0.4, 0.5) is 0 Å². The molecule has 3 fully saturated rings. The molecule has 3 aliphatic carbocycles. The average molecular weight is 260 g/mol. The summed E-state index contributed by atoms with van der Waals surface area (Å²) in [7, 11) is 0. The minimum Gasteiger partial charge on any atom is -0.479 e. The van der Waals surface area contributed by atoms with Gasteiger partial charge in [0.1, 0.15) is 0 Å². The lowest BCUT2D eigenvalue weighted by molar-refractivity contribution is -0.165. The molecule has 0 heterocycles. The Morgan fingerprint density at radius 1 is 0.722 bits per heavy atom. The summed E-state index contributed by atoms with van der Waals surface area (Å²) >= 11 is 0. The number of aliphatic hydroxyl groups is 2. The van der Waals surface area contributed by atoms with Crippen LogP contribution in [0.2, 0.25) is 0 Å². The highest BCUT2D eigenvalue weighted by Gasteiger charge is 2.29. The quantitative estimate of drug-likeness (QED) is 0.586. The Bertz CT molecular complexity index is 254. The first-order valence-electron chi connectivity index (χ1n) is 6.23. The molecule has 3 saturated carbocycles. The molecular formula is C12H20O6. The summed E-state index contributed by atoms with van der Waals surface area (Å²) in [5, 5.41) is 32.5. The third kappa shape index (κ3) is 4.27. The highest BCUT2D eigenvalue weighted by Crippen LogP contribution is 2.40. The number of aliphatic hydroxyl groups excluding tert-OH is 2. The van der Waals surface area contributed by atoms with Gasteiger partial charge in [-0.05, 0) is 11.8 Å². The standard InChI is InChI=1S/C8H14.C4H6O6/c1-2-8-5-3-7(1)4-6-8;5-1(3(7)8)2(6)4(9)10/h7-8H,1-6H2;1-2,5-6H,(H,7,8)(H,9,10). The Hall–Kier alpha value is -1.14. The average Bonchev–Trinajstić information content (AvgIpc) is 2.39. The Kier molecular flexibility index (Phi) is 5.55. The first kappa shape index (κ1) is 14.9. The second-order valence-corrected chi connectivity index (χ2v) is 5.03. The van der Waals surface area contributed by atoms with E-state index in [1.807, 2.05) is 0 Å². The molecule has 2 bridgehead atoms. The van der Waals surface area contributed by atoms with E-state index in [1.165, 1.54) is 0 Å². The lowest BCUT2D eigenvalue weighted by Gasteiger charge is -2.35. The number of rotatable bonds is 3. The van der Waals surface area contributed by atoms with Crippen molar-refractivity contribution in [2.75, 3.05) is 0 Å². The topological polar surface area (TPSA) is 115 Å². The summed E-state index contributed by atoms with van der Waals surface area (Å²) in [5.41, 5.74) is 0. The molecule has 4 N–H and O–H groups in total. The third-order valence-electron chi connectivity index (χ3n) is 3.75. The van der Waals surface area contributed by atoms with Gasteiger partial charge in [-0.2, -0.15) is 0 Å². The van der Waals surface area contributed by atoms with E-state index in [1.54, 1.807) is 38.5 Å². The molecule has 3 aliphatic rings. The van der Waals surface area contributed by atoms with Crippen LogP contribution in [0.1, 0.15) is 38.5 Å². The predicted molar refractivity (Wildman–Crippen MR) is 62.0 cm³/mol. The fourth-order valence-electron chi connectivity index (χ4n) is 2.55. The first-order valence-corrected chi connectivity index (χ1v) is 6.23. The van der Waals surface area contributed by atoms with E-state index in [0.717, 1.165) is 11.8 Å². The monoisotopic (exact) mass is 260 g/mol. The van der Waals surface area contributed by atoms with Crippen molar-refractivity contribution in [1.82, 2.24) is 0 Å². The summed E-state index contributed by atoms with van der Waals surface area (Å²) in [4.78, 5) is 19.5. The number of aliphatic carboxylic acids is 2. The molecule has 0 spiro atoms. The Morgan fingerprint density at radius 3 is 1.06 bits per heavy atom. The van der Waals surface area contributed by atoms with E-state index in [4.69, 9.17) is 20.4 Å². The van der Waals surface area contributed by atoms with Crippen LogP contribution in [-0.4, -0.2) is 44.6 Å². The molecule has 2 atom stereocenters. The Labute approximate surface area is 105 Å². The van der Waals surface area contributed by atoms with E-state index in [9.17, 15) is 9.59 Å². The molecule has 18 heavy (non-hydrogen) atoms. The summed E-state index contributed by atoms with van der Waals surface area (Å²) in [6.45, 7) is 0. The van der Waals surface area contributed by atoms with Gasteiger partial charge >= 0.3 is 11.9 Å². The van der Waals surface area contributed by atoms with Crippen molar-refractivity contribution >= 4 is 11.9 Å². The van der Waals surface area contributed by atoms with Gasteiger partial charge in [-0.15, -0.1) is 0 Å². The minimum atomic E-state index is -2.27. The fraction of sp³-hybridized carbons (Fsp3) is 0.833. The largest absolute Gasteiger partial charge is 0.479 e. The van der Waals surface area contributed by atoms with Crippen molar-refractivity contribution < 1.29 is 30.0 Å². The lowest BCUT2D eigenvalue weighted by Crippen LogP contribution is -2.39. The first-order chi connectivity index (χ1) is 8.41. The Balaban J connectivity index is 0.000000182. The van der Waals surface area contributed by atoms with E-state index >= 15 is 0 Å². The third-order valence-corrected chi connectivity index (χ3v) is 3.75. The molecule has 3 rings (SSSR count). The molecule has 0 radical (unpaired) electrons. The van der Waals surface area contributed by atoms with E-state index in [-0.39, 0.29) is 0 Å². The molecule has 0 amide bonds. The zero-order valence-electron chi connectivity index (χ0n) is 10.2. The van der Waals surface area contributed by atoms with Gasteiger partial charge in [-0.1, -0.05) is 38.5 Å². The molecule has 0 saturated heterocycles. The van der Waals surface area contributed by atoms with Crippen LogP contribution in [0, 0.1) is 11.8 Å². The maximum Gasteiger partial charge on any atom is 0.335 e. The molecule has 6 heteroatoms. The predicted octanol–water partition coefficient (Wildman–Crippen LogP) is 0.464. The number of fused-ring (bicyclic) bond motifs is 3. The van der Waals surface area contributed by atoms with Crippen molar-refractivity contribution in [3.8, 4) is 0 Å². The van der Waals surface area contributed by atoms with Crippen molar-refractivity contribution in [2.45, 2.75) is 50.7 Å². The van der Waals surface area contributed by atoms with Gasteiger partial charge in [0.05, 0.1) is 0 Å².